The summed E-state index contributed by atoms with van der Waals surface area (Å²) in [5.74, 6) is 1.77. The summed E-state index contributed by atoms with van der Waals surface area (Å²) >= 11 is 0. The number of amides is 3. The first-order chi connectivity index (χ1) is 50.5. The third-order valence-electron chi connectivity index (χ3n) is 20.1. The number of hydrogen-bond donors (Lipinski definition) is 1. The van der Waals surface area contributed by atoms with Crippen LogP contribution in [0.25, 0.3) is 67.2 Å². The Morgan fingerprint density at radius 2 is 1.05 bits per heavy atom. The molecule has 20 nitrogen and oxygen atoms in total. The van der Waals surface area contributed by atoms with Gasteiger partial charge in [0.2, 0.25) is 35.4 Å². The van der Waals surface area contributed by atoms with E-state index in [2.05, 4.69) is 81.1 Å². The Morgan fingerprint density at radius 3 is 1.62 bits per heavy atom. The number of nitrogens with one attached hydrogen (secondary N) is 1. The first-order valence-corrected chi connectivity index (χ1v) is 36.5. The average molecular weight is 1410 g/mol. The van der Waals surface area contributed by atoms with E-state index >= 15 is 0 Å². The Bertz CT molecular complexity index is 4780. The number of fused-ring (bicyclic) bond motifs is 2. The van der Waals surface area contributed by atoms with Crippen molar-refractivity contribution in [3.05, 3.63) is 228 Å². The Hall–Kier alpha value is -10.8. The fourth-order valence-corrected chi connectivity index (χ4v) is 14.8. The van der Waals surface area contributed by atoms with E-state index in [1.54, 1.807) is 9.47 Å². The second kappa shape index (κ2) is 32.9. The number of hydrogen-bond acceptors (Lipinski definition) is 15. The minimum Gasteiger partial charge on any atom is -0.445 e. The van der Waals surface area contributed by atoms with Gasteiger partial charge in [-0.15, -0.1) is 20.4 Å². The van der Waals surface area contributed by atoms with E-state index in [0.717, 1.165) is 142 Å². The molecule has 1 N–H and O–H groups in total. The molecular weight excluding hydrogens is 1320 g/mol. The van der Waals surface area contributed by atoms with Gasteiger partial charge >= 0.3 is 12.2 Å². The summed E-state index contributed by atoms with van der Waals surface area (Å²) < 4.78 is 25.3. The minimum atomic E-state index is -0.636. The zero-order chi connectivity index (χ0) is 72.6. The number of aromatic nitrogens is 6. The SMILES string of the molecule is C.CCN(CC)[C@@H](C(=O)N1CCC[C@H]1C(=O)Cc1ccc2[nH]c(-c3ccc(-c4nnc([C@@H]5CCCN5C(=O)[C@@H](c5ccccc5)N(CC)CC)o4)cc3)cc2c1)c1ccccc1.Cc1ccc2c(c1)cc(-c1ccc(-c3nnc(C4CCCN4C(=O)OCc4ccccc4)o3)cc1)n2C(=O)OC(C)(C)C. The number of rotatable bonds is 21. The van der Waals surface area contributed by atoms with Crippen molar-refractivity contribution >= 4 is 51.6 Å². The lowest BCUT2D eigenvalue weighted by atomic mass is 9.99. The summed E-state index contributed by atoms with van der Waals surface area (Å²) in [5.41, 5.74) is 11.1. The van der Waals surface area contributed by atoms with Crippen LogP contribution in [0.15, 0.2) is 197 Å². The number of likely N-dealkylation sites (tertiary alicyclic amines) is 3. The molecule has 4 aromatic heterocycles. The van der Waals surface area contributed by atoms with Gasteiger partial charge in [0.25, 0.3) is 0 Å². The Labute approximate surface area is 614 Å². The fourth-order valence-electron chi connectivity index (χ4n) is 14.8. The van der Waals surface area contributed by atoms with Crippen molar-refractivity contribution in [1.29, 1.82) is 0 Å². The van der Waals surface area contributed by atoms with Crippen LogP contribution in [0.1, 0.15) is 158 Å². The van der Waals surface area contributed by atoms with Crippen molar-refractivity contribution in [3.63, 3.8) is 0 Å². The van der Waals surface area contributed by atoms with Crippen molar-refractivity contribution in [2.24, 2.45) is 0 Å². The zero-order valence-electron chi connectivity index (χ0n) is 60.5. The van der Waals surface area contributed by atoms with Crippen LogP contribution < -0.4 is 0 Å². The van der Waals surface area contributed by atoms with E-state index in [1.165, 1.54) is 0 Å². The summed E-state index contributed by atoms with van der Waals surface area (Å²) in [4.78, 5) is 81.8. The number of likely N-dealkylation sites (N-methyl/N-ethyl adjacent to an activating group) is 2. The van der Waals surface area contributed by atoms with Crippen LogP contribution in [0.2, 0.25) is 0 Å². The number of ether oxygens (including phenoxy) is 2. The van der Waals surface area contributed by atoms with Gasteiger partial charge < -0.3 is 33.1 Å². The van der Waals surface area contributed by atoms with Crippen LogP contribution in [-0.2, 0) is 36.9 Å². The molecule has 105 heavy (non-hydrogen) atoms. The van der Waals surface area contributed by atoms with Gasteiger partial charge in [0.1, 0.15) is 36.4 Å². The molecular formula is C85H95N11O9. The van der Waals surface area contributed by atoms with Crippen LogP contribution in [0.5, 0.6) is 0 Å². The summed E-state index contributed by atoms with van der Waals surface area (Å²) in [6.45, 7) is 21.0. The number of H-pyrrole nitrogens is 1. The summed E-state index contributed by atoms with van der Waals surface area (Å²) in [6, 6.07) is 59.5. The third-order valence-corrected chi connectivity index (χ3v) is 20.1. The van der Waals surface area contributed by atoms with Crippen molar-refractivity contribution < 1.29 is 42.3 Å². The molecule has 7 aromatic carbocycles. The van der Waals surface area contributed by atoms with Crippen LogP contribution in [-0.4, -0.2) is 142 Å². The number of carbonyl (C=O) groups is 5. The highest BCUT2D eigenvalue weighted by molar-refractivity contribution is 5.97. The van der Waals surface area contributed by atoms with Gasteiger partial charge in [0, 0.05) is 59.2 Å². The quantitative estimate of drug-likeness (QED) is 0.0707. The minimum absolute atomic E-state index is 0. The monoisotopic (exact) mass is 1410 g/mol. The first kappa shape index (κ1) is 73.9. The summed E-state index contributed by atoms with van der Waals surface area (Å²) in [7, 11) is 0. The number of carbonyl (C=O) groups excluding carboxylic acids is 5. The molecule has 544 valence electrons. The number of Topliss-reactive ketones (excluding diaryl/α,β-unsaturated/α-hetero) is 1. The van der Waals surface area contributed by atoms with Crippen LogP contribution >= 0.6 is 0 Å². The van der Waals surface area contributed by atoms with E-state index < -0.39 is 29.9 Å². The zero-order valence-corrected chi connectivity index (χ0v) is 60.5. The molecule has 5 atom stereocenters. The summed E-state index contributed by atoms with van der Waals surface area (Å²) in [5, 5.41) is 19.4. The molecule has 3 saturated heterocycles. The van der Waals surface area contributed by atoms with Gasteiger partial charge in [0.05, 0.1) is 17.3 Å². The predicted molar refractivity (Wildman–Crippen MR) is 407 cm³/mol. The number of aryl methyl sites for hydroxylation is 1. The first-order valence-electron chi connectivity index (χ1n) is 36.5. The number of aromatic amines is 1. The summed E-state index contributed by atoms with van der Waals surface area (Å²) in [6.07, 6.45) is 4.13. The molecule has 3 aliphatic heterocycles. The fraction of sp³-hybridized carbons (Fsp3) is 0.353. The molecule has 0 spiro atoms. The van der Waals surface area contributed by atoms with Gasteiger partial charge in [-0.05, 0) is 186 Å². The largest absolute Gasteiger partial charge is 0.445 e. The molecule has 3 amide bonds. The Kier molecular flexibility index (Phi) is 23.1. The highest BCUT2D eigenvalue weighted by Gasteiger charge is 2.42. The Balaban J connectivity index is 0.000000207. The van der Waals surface area contributed by atoms with Crippen LogP contribution in [0.3, 0.4) is 0 Å². The second-order valence-electron chi connectivity index (χ2n) is 28.0. The maximum Gasteiger partial charge on any atom is 0.419 e. The molecule has 20 heteroatoms. The van der Waals surface area contributed by atoms with Gasteiger partial charge in [-0.1, -0.05) is 168 Å². The number of benzene rings is 7. The van der Waals surface area contributed by atoms with Gasteiger partial charge in [-0.3, -0.25) is 29.1 Å². The third kappa shape index (κ3) is 16.4. The normalized spacial score (nSPS) is 16.5. The lowest BCUT2D eigenvalue weighted by Gasteiger charge is -2.34. The molecule has 7 heterocycles. The predicted octanol–water partition coefficient (Wildman–Crippen LogP) is 17.4. The lowest BCUT2D eigenvalue weighted by molar-refractivity contribution is -0.142. The van der Waals surface area contributed by atoms with Crippen LogP contribution in [0.4, 0.5) is 9.59 Å². The molecule has 3 fully saturated rings. The molecule has 0 saturated carbocycles. The maximum absolute atomic E-state index is 14.2. The van der Waals surface area contributed by atoms with Gasteiger partial charge in [0.15, 0.2) is 5.78 Å². The van der Waals surface area contributed by atoms with Crippen LogP contribution in [0, 0.1) is 6.92 Å². The highest BCUT2D eigenvalue weighted by atomic mass is 16.6. The molecule has 11 aromatic rings. The van der Waals surface area contributed by atoms with Crippen molar-refractivity contribution in [1.82, 2.24) is 54.4 Å². The molecule has 0 aliphatic carbocycles. The maximum atomic E-state index is 14.2. The number of ketones is 1. The highest BCUT2D eigenvalue weighted by Crippen LogP contribution is 2.40. The molecule has 1 unspecified atom stereocenters. The molecule has 0 bridgehead atoms. The molecule has 14 rings (SSSR count). The Morgan fingerprint density at radius 1 is 0.533 bits per heavy atom. The second-order valence-corrected chi connectivity index (χ2v) is 28.0. The number of nitrogens with zero attached hydrogens (tertiary/aromatic N) is 10. The van der Waals surface area contributed by atoms with Crippen molar-refractivity contribution in [3.8, 4) is 45.4 Å². The standard InChI is InChI=1S/C50H57N7O4.C34H34N4O5.CH4/c1-5-54(6-2)45(36-17-11-9-12-18-36)49(59)56-29-15-21-42(56)44(58)32-34-23-28-40-39(31-34)33-41(51-40)35-24-26-38(27-25-35)47-52-53-48(61-47)43-22-16-30-57(43)50(60)46(55(7-3)8-4)37-19-13-10-14-20-37;1-22-12-17-27-26(19-22)20-29(38(27)33(40)43-34(2,3)4)24-13-15-25(16-14-24)30-35-36-31(42-30)28-11-8-18-37(28)32(39)41-21-23-9-6-5-7-10-23;/h9-14,17-20,23-28,31,33,42-43,45-46,51H,5-8,15-16,21-22,29-30,32H2,1-4H3;5-7,9-10,12-17,19-20,28H,8,11,18,21H2,1-4H3;1H4/t42-,43-,45+,46+;;/m0../s1. The van der Waals surface area contributed by atoms with E-state index in [-0.39, 0.29) is 56.2 Å². The smallest absolute Gasteiger partial charge is 0.419 e. The van der Waals surface area contributed by atoms with E-state index in [1.807, 2.05) is 207 Å². The molecule has 0 radical (unpaired) electrons. The lowest BCUT2D eigenvalue weighted by Crippen LogP contribution is -2.47. The van der Waals surface area contributed by atoms with Crippen molar-refractivity contribution in [2.75, 3.05) is 45.8 Å². The van der Waals surface area contributed by atoms with Crippen molar-refractivity contribution in [2.45, 2.75) is 150 Å². The molecule has 3 aliphatic rings. The van der Waals surface area contributed by atoms with E-state index in [4.69, 9.17) is 18.3 Å². The van der Waals surface area contributed by atoms with E-state index in [9.17, 15) is 24.0 Å². The van der Waals surface area contributed by atoms with Gasteiger partial charge in [-0.25, -0.2) is 14.2 Å². The average Bonchev–Trinajstić information content (AvgIpc) is 1.68. The topological polar surface area (TPSA) is 219 Å². The van der Waals surface area contributed by atoms with E-state index in [0.29, 0.717) is 49.6 Å². The van der Waals surface area contributed by atoms with Gasteiger partial charge in [-0.2, -0.15) is 0 Å².